The molecule has 4 heteroatoms. The molecule has 0 radical (unpaired) electrons. The lowest BCUT2D eigenvalue weighted by Crippen LogP contribution is -2.50. The zero-order valence-electron chi connectivity index (χ0n) is 10.5. The SMILES string of the molecule is CCC(C)(CN)NC(=O)c1ccc(F)c(C)c1. The molecule has 0 bridgehead atoms. The third-order valence-electron chi connectivity index (χ3n) is 3.07. The number of rotatable bonds is 4. The minimum Gasteiger partial charge on any atom is -0.346 e. The van der Waals surface area contributed by atoms with Crippen LogP contribution in [0, 0.1) is 12.7 Å². The molecule has 1 atom stereocenters. The summed E-state index contributed by atoms with van der Waals surface area (Å²) < 4.78 is 13.1. The molecular formula is C13H19FN2O. The van der Waals surface area contributed by atoms with Crippen LogP contribution >= 0.6 is 0 Å². The van der Waals surface area contributed by atoms with Gasteiger partial charge >= 0.3 is 0 Å². The van der Waals surface area contributed by atoms with Crippen molar-refractivity contribution in [1.82, 2.24) is 5.32 Å². The number of hydrogen-bond acceptors (Lipinski definition) is 2. The maximum absolute atomic E-state index is 13.1. The van der Waals surface area contributed by atoms with Gasteiger partial charge < -0.3 is 11.1 Å². The first-order chi connectivity index (χ1) is 7.91. The molecule has 3 N–H and O–H groups in total. The van der Waals surface area contributed by atoms with E-state index in [0.29, 0.717) is 17.7 Å². The van der Waals surface area contributed by atoms with Crippen molar-refractivity contribution in [3.8, 4) is 0 Å². The maximum atomic E-state index is 13.1. The summed E-state index contributed by atoms with van der Waals surface area (Å²) in [5, 5.41) is 2.87. The van der Waals surface area contributed by atoms with Crippen LogP contribution in [-0.4, -0.2) is 18.0 Å². The zero-order chi connectivity index (χ0) is 13.1. The van der Waals surface area contributed by atoms with Gasteiger partial charge in [0.2, 0.25) is 0 Å². The largest absolute Gasteiger partial charge is 0.346 e. The first kappa shape index (κ1) is 13.6. The lowest BCUT2D eigenvalue weighted by atomic mass is 9.98. The number of nitrogens with one attached hydrogen (secondary N) is 1. The van der Waals surface area contributed by atoms with Gasteiger partial charge in [0.15, 0.2) is 0 Å². The Balaban J connectivity index is 2.86. The second-order valence-electron chi connectivity index (χ2n) is 4.54. The van der Waals surface area contributed by atoms with Crippen molar-refractivity contribution < 1.29 is 9.18 Å². The third kappa shape index (κ3) is 3.27. The van der Waals surface area contributed by atoms with E-state index < -0.39 is 5.54 Å². The van der Waals surface area contributed by atoms with E-state index in [9.17, 15) is 9.18 Å². The molecule has 0 spiro atoms. The quantitative estimate of drug-likeness (QED) is 0.842. The fourth-order valence-corrected chi connectivity index (χ4v) is 1.42. The number of carbonyl (C=O) groups excluding carboxylic acids is 1. The summed E-state index contributed by atoms with van der Waals surface area (Å²) in [6.45, 7) is 5.85. The Morgan fingerprint density at radius 3 is 2.65 bits per heavy atom. The molecule has 0 heterocycles. The molecule has 0 aliphatic carbocycles. The minimum absolute atomic E-state index is 0.220. The van der Waals surface area contributed by atoms with Gasteiger partial charge in [-0.1, -0.05) is 6.92 Å². The van der Waals surface area contributed by atoms with Crippen LogP contribution in [0.5, 0.6) is 0 Å². The first-order valence-corrected chi connectivity index (χ1v) is 5.70. The Morgan fingerprint density at radius 1 is 1.53 bits per heavy atom. The number of aryl methyl sites for hydroxylation is 1. The van der Waals surface area contributed by atoms with Crippen molar-refractivity contribution in [2.75, 3.05) is 6.54 Å². The number of nitrogens with two attached hydrogens (primary N) is 1. The highest BCUT2D eigenvalue weighted by molar-refractivity contribution is 5.94. The molecule has 1 aromatic carbocycles. The topological polar surface area (TPSA) is 55.1 Å². The normalized spacial score (nSPS) is 14.2. The monoisotopic (exact) mass is 238 g/mol. The van der Waals surface area contributed by atoms with E-state index in [1.165, 1.54) is 18.2 Å². The van der Waals surface area contributed by atoms with E-state index in [1.54, 1.807) is 6.92 Å². The van der Waals surface area contributed by atoms with E-state index in [2.05, 4.69) is 5.32 Å². The lowest BCUT2D eigenvalue weighted by Gasteiger charge is -2.28. The smallest absolute Gasteiger partial charge is 0.251 e. The van der Waals surface area contributed by atoms with Gasteiger partial charge in [-0.3, -0.25) is 4.79 Å². The molecule has 0 aliphatic rings. The van der Waals surface area contributed by atoms with Crippen LogP contribution in [0.1, 0.15) is 36.2 Å². The van der Waals surface area contributed by atoms with Crippen molar-refractivity contribution in [3.05, 3.63) is 35.1 Å². The Kier molecular flexibility index (Phi) is 4.23. The molecular weight excluding hydrogens is 219 g/mol. The zero-order valence-corrected chi connectivity index (χ0v) is 10.5. The van der Waals surface area contributed by atoms with Gasteiger partial charge in [0, 0.05) is 17.6 Å². The molecule has 0 saturated carbocycles. The van der Waals surface area contributed by atoms with E-state index >= 15 is 0 Å². The molecule has 0 fully saturated rings. The standard InChI is InChI=1S/C13H19FN2O/c1-4-13(3,8-15)16-12(17)10-5-6-11(14)9(2)7-10/h5-7H,4,8,15H2,1-3H3,(H,16,17). The predicted molar refractivity (Wildman–Crippen MR) is 66.4 cm³/mol. The van der Waals surface area contributed by atoms with Crippen LogP contribution in [0.4, 0.5) is 4.39 Å². The molecule has 17 heavy (non-hydrogen) atoms. The Morgan fingerprint density at radius 2 is 2.18 bits per heavy atom. The highest BCUT2D eigenvalue weighted by Gasteiger charge is 2.23. The molecule has 0 aromatic heterocycles. The number of hydrogen-bond donors (Lipinski definition) is 2. The van der Waals surface area contributed by atoms with Gasteiger partial charge in [-0.25, -0.2) is 4.39 Å². The summed E-state index contributed by atoms with van der Waals surface area (Å²) in [6, 6.07) is 4.32. The summed E-state index contributed by atoms with van der Waals surface area (Å²) in [5.74, 6) is -0.526. The van der Waals surface area contributed by atoms with E-state index in [0.717, 1.165) is 6.42 Å². The van der Waals surface area contributed by atoms with Crippen LogP contribution in [-0.2, 0) is 0 Å². The van der Waals surface area contributed by atoms with Crippen molar-refractivity contribution in [2.45, 2.75) is 32.7 Å². The predicted octanol–water partition coefficient (Wildman–Crippen LogP) is 1.99. The van der Waals surface area contributed by atoms with E-state index in [-0.39, 0.29) is 11.7 Å². The second-order valence-corrected chi connectivity index (χ2v) is 4.54. The van der Waals surface area contributed by atoms with Gasteiger partial charge in [0.1, 0.15) is 5.82 Å². The molecule has 1 amide bonds. The highest BCUT2D eigenvalue weighted by Crippen LogP contribution is 2.12. The van der Waals surface area contributed by atoms with Gasteiger partial charge in [-0.15, -0.1) is 0 Å². The molecule has 1 rings (SSSR count). The van der Waals surface area contributed by atoms with Crippen molar-refractivity contribution in [2.24, 2.45) is 5.73 Å². The fourth-order valence-electron chi connectivity index (χ4n) is 1.42. The van der Waals surface area contributed by atoms with Crippen molar-refractivity contribution >= 4 is 5.91 Å². The molecule has 1 unspecified atom stereocenters. The average molecular weight is 238 g/mol. The number of carbonyl (C=O) groups is 1. The van der Waals surface area contributed by atoms with Gasteiger partial charge in [-0.2, -0.15) is 0 Å². The van der Waals surface area contributed by atoms with Gasteiger partial charge in [0.05, 0.1) is 0 Å². The fraction of sp³-hybridized carbons (Fsp3) is 0.462. The summed E-state index contributed by atoms with van der Waals surface area (Å²) in [5.41, 5.74) is 6.12. The molecule has 3 nitrogen and oxygen atoms in total. The minimum atomic E-state index is -0.417. The molecule has 0 aliphatic heterocycles. The lowest BCUT2D eigenvalue weighted by molar-refractivity contribution is 0.0906. The van der Waals surface area contributed by atoms with Crippen molar-refractivity contribution in [1.29, 1.82) is 0 Å². The van der Waals surface area contributed by atoms with Crippen molar-refractivity contribution in [3.63, 3.8) is 0 Å². The Labute approximate surface area is 101 Å². The van der Waals surface area contributed by atoms with E-state index in [4.69, 9.17) is 5.73 Å². The third-order valence-corrected chi connectivity index (χ3v) is 3.07. The first-order valence-electron chi connectivity index (χ1n) is 5.70. The number of amides is 1. The molecule has 94 valence electrons. The molecule has 0 saturated heterocycles. The summed E-state index contributed by atoms with van der Waals surface area (Å²) in [4.78, 5) is 12.0. The van der Waals surface area contributed by atoms with Crippen LogP contribution in [0.3, 0.4) is 0 Å². The maximum Gasteiger partial charge on any atom is 0.251 e. The van der Waals surface area contributed by atoms with E-state index in [1.807, 2.05) is 13.8 Å². The van der Waals surface area contributed by atoms with Crippen LogP contribution < -0.4 is 11.1 Å². The van der Waals surface area contributed by atoms with Crippen LogP contribution in [0.15, 0.2) is 18.2 Å². The Hall–Kier alpha value is -1.42. The number of benzene rings is 1. The average Bonchev–Trinajstić information content (AvgIpc) is 2.32. The van der Waals surface area contributed by atoms with Crippen LogP contribution in [0.2, 0.25) is 0 Å². The molecule has 1 aromatic rings. The Bertz CT molecular complexity index is 414. The van der Waals surface area contributed by atoms with Gasteiger partial charge in [0.25, 0.3) is 5.91 Å². The van der Waals surface area contributed by atoms with Crippen LogP contribution in [0.25, 0.3) is 0 Å². The second kappa shape index (κ2) is 5.27. The number of halogens is 1. The highest BCUT2D eigenvalue weighted by atomic mass is 19.1. The summed E-state index contributed by atoms with van der Waals surface area (Å²) in [7, 11) is 0. The summed E-state index contributed by atoms with van der Waals surface area (Å²) in [6.07, 6.45) is 0.745. The summed E-state index contributed by atoms with van der Waals surface area (Å²) >= 11 is 0. The van der Waals surface area contributed by atoms with Gasteiger partial charge in [-0.05, 0) is 44.0 Å².